The Morgan fingerprint density at radius 1 is 0.776 bits per heavy atom. The van der Waals surface area contributed by atoms with E-state index in [1.165, 1.54) is 7.11 Å². The predicted molar refractivity (Wildman–Crippen MR) is 218 cm³/mol. The maximum absolute atomic E-state index is 14.0. The number of esters is 1. The molecule has 1 amide bonds. The summed E-state index contributed by atoms with van der Waals surface area (Å²) >= 11 is 0. The first kappa shape index (κ1) is 51.8. The van der Waals surface area contributed by atoms with Gasteiger partial charge in [-0.3, -0.25) is 14.3 Å². The summed E-state index contributed by atoms with van der Waals surface area (Å²) in [4.78, 5) is 38.4. The van der Waals surface area contributed by atoms with Crippen LogP contribution >= 0.6 is 0 Å². The van der Waals surface area contributed by atoms with Gasteiger partial charge in [0.15, 0.2) is 0 Å². The standard InChI is InChI=1S/C35H42F6N6O3.4C2H6/c1-21-10-30(11-22(2)47(21)32(49)25-7-5-6-23(8-9-25)14-31(48)50-4)46(33-42-16-26(17-43-33)27-18-44-45(3)20-27)19-24-12-28(34(36,37)38)15-29(13-24)35(39,40)41;4*1-2/h12-13,15-18,20-23,25,30H,5-11,14,19H2,1-4H3;4*1-2H3/t21-,22?,23+,25?,30?;;;;/m1..../s1. The number of benzene rings is 1. The van der Waals surface area contributed by atoms with Gasteiger partial charge in [-0.15, -0.1) is 0 Å². The molecule has 2 aliphatic rings. The second-order valence-electron chi connectivity index (χ2n) is 13.6. The van der Waals surface area contributed by atoms with Crippen LogP contribution in [-0.4, -0.2) is 61.8 Å². The largest absolute Gasteiger partial charge is 0.469 e. The number of ether oxygens (including phenoxy) is 1. The molecular formula is C43H66F6N6O3. The van der Waals surface area contributed by atoms with Crippen molar-refractivity contribution in [1.29, 1.82) is 0 Å². The van der Waals surface area contributed by atoms with E-state index in [4.69, 9.17) is 4.74 Å². The molecule has 3 heterocycles. The van der Waals surface area contributed by atoms with Crippen LogP contribution in [0.25, 0.3) is 11.1 Å². The van der Waals surface area contributed by atoms with Gasteiger partial charge in [0.05, 0.1) is 24.4 Å². The lowest BCUT2D eigenvalue weighted by Gasteiger charge is -2.47. The summed E-state index contributed by atoms with van der Waals surface area (Å²) in [5, 5.41) is 4.15. The Morgan fingerprint density at radius 2 is 1.31 bits per heavy atom. The molecule has 328 valence electrons. The van der Waals surface area contributed by atoms with Gasteiger partial charge in [-0.05, 0) is 82.1 Å². The van der Waals surface area contributed by atoms with Crippen LogP contribution in [0.2, 0.25) is 0 Å². The van der Waals surface area contributed by atoms with Gasteiger partial charge in [-0.2, -0.15) is 31.4 Å². The highest BCUT2D eigenvalue weighted by Crippen LogP contribution is 2.39. The molecule has 15 heteroatoms. The van der Waals surface area contributed by atoms with Gasteiger partial charge in [0.1, 0.15) is 0 Å². The maximum atomic E-state index is 14.0. The van der Waals surface area contributed by atoms with Crippen molar-refractivity contribution >= 4 is 17.8 Å². The van der Waals surface area contributed by atoms with E-state index in [0.717, 1.165) is 37.0 Å². The Morgan fingerprint density at radius 3 is 1.78 bits per heavy atom. The van der Waals surface area contributed by atoms with E-state index in [1.54, 1.807) is 41.4 Å². The lowest BCUT2D eigenvalue weighted by atomic mass is 9.88. The first-order chi connectivity index (χ1) is 27.5. The fraction of sp³-hybridized carbons (Fsp3) is 0.651. The summed E-state index contributed by atoms with van der Waals surface area (Å²) in [6, 6.07) is 0.612. The van der Waals surface area contributed by atoms with Crippen molar-refractivity contribution in [2.75, 3.05) is 12.0 Å². The van der Waals surface area contributed by atoms with Crippen LogP contribution in [0.3, 0.4) is 0 Å². The summed E-state index contributed by atoms with van der Waals surface area (Å²) in [7, 11) is 3.11. The van der Waals surface area contributed by atoms with Crippen molar-refractivity contribution in [3.63, 3.8) is 0 Å². The number of hydrogen-bond donors (Lipinski definition) is 0. The van der Waals surface area contributed by atoms with E-state index in [-0.39, 0.29) is 59.9 Å². The van der Waals surface area contributed by atoms with Crippen LogP contribution in [-0.2, 0) is 40.3 Å². The zero-order chi connectivity index (χ0) is 44.4. The first-order valence-electron chi connectivity index (χ1n) is 20.8. The highest BCUT2D eigenvalue weighted by molar-refractivity contribution is 5.79. The Labute approximate surface area is 342 Å². The first-order valence-corrected chi connectivity index (χ1v) is 20.8. The lowest BCUT2D eigenvalue weighted by Crippen LogP contribution is -2.56. The van der Waals surface area contributed by atoms with E-state index < -0.39 is 29.5 Å². The molecule has 1 aliphatic carbocycles. The molecule has 1 saturated carbocycles. The second kappa shape index (κ2) is 24.7. The zero-order valence-electron chi connectivity index (χ0n) is 36.5. The van der Waals surface area contributed by atoms with Crippen LogP contribution in [0.1, 0.15) is 137 Å². The number of aromatic nitrogens is 4. The third kappa shape index (κ3) is 14.6. The van der Waals surface area contributed by atoms with E-state index in [2.05, 4.69) is 15.1 Å². The number of amides is 1. The van der Waals surface area contributed by atoms with Gasteiger partial charge in [-0.25, -0.2) is 9.97 Å². The van der Waals surface area contributed by atoms with Gasteiger partial charge in [-0.1, -0.05) is 61.8 Å². The fourth-order valence-electron chi connectivity index (χ4n) is 7.45. The third-order valence-electron chi connectivity index (χ3n) is 9.93. The molecule has 2 fully saturated rings. The van der Waals surface area contributed by atoms with Crippen LogP contribution in [0, 0.1) is 11.8 Å². The van der Waals surface area contributed by atoms with Crippen molar-refractivity contribution in [2.45, 2.75) is 158 Å². The summed E-state index contributed by atoms with van der Waals surface area (Å²) in [6.45, 7) is 19.5. The minimum Gasteiger partial charge on any atom is -0.469 e. The molecule has 0 spiro atoms. The number of carbonyl (C=O) groups is 2. The van der Waals surface area contributed by atoms with Gasteiger partial charge < -0.3 is 14.5 Å². The highest BCUT2D eigenvalue weighted by Gasteiger charge is 2.41. The molecule has 3 unspecified atom stereocenters. The van der Waals surface area contributed by atoms with Crippen LogP contribution < -0.4 is 4.90 Å². The summed E-state index contributed by atoms with van der Waals surface area (Å²) < 4.78 is 89.1. The molecule has 2 aromatic heterocycles. The van der Waals surface area contributed by atoms with E-state index in [1.807, 2.05) is 74.1 Å². The number of methoxy groups -OCH3 is 1. The molecule has 58 heavy (non-hydrogen) atoms. The molecule has 3 aromatic rings. The normalized spacial score (nSPS) is 20.5. The molecule has 5 rings (SSSR count). The molecular weight excluding hydrogens is 762 g/mol. The van der Waals surface area contributed by atoms with Crippen molar-refractivity contribution < 1.29 is 40.7 Å². The minimum atomic E-state index is -4.99. The van der Waals surface area contributed by atoms with E-state index >= 15 is 0 Å². The number of piperidine rings is 1. The SMILES string of the molecule is CC.CC.CC.CC.COC(=O)C[C@H]1CCCC(C(=O)N2C(C)CC(N(Cc3cc(C(F)(F)F)cc(C(F)(F)F)c3)c3ncc(-c4cnn(C)c4)cn3)C[C@H]2C)CC1. The fourth-order valence-corrected chi connectivity index (χ4v) is 7.45. The van der Waals surface area contributed by atoms with Crippen LogP contribution in [0.5, 0.6) is 0 Å². The number of alkyl halides is 6. The van der Waals surface area contributed by atoms with Crippen LogP contribution in [0.15, 0.2) is 43.0 Å². The number of rotatable bonds is 8. The Bertz CT molecular complexity index is 1600. The third-order valence-corrected chi connectivity index (χ3v) is 9.93. The van der Waals surface area contributed by atoms with Crippen molar-refractivity contribution in [1.82, 2.24) is 24.6 Å². The second-order valence-corrected chi connectivity index (χ2v) is 13.6. The Kier molecular flexibility index (Phi) is 22.1. The van der Waals surface area contributed by atoms with Crippen LogP contribution in [0.4, 0.5) is 32.3 Å². The minimum absolute atomic E-state index is 0.0264. The van der Waals surface area contributed by atoms with Gasteiger partial charge in [0, 0.05) is 73.8 Å². The molecule has 1 aromatic carbocycles. The van der Waals surface area contributed by atoms with E-state index in [0.29, 0.717) is 37.7 Å². The molecule has 0 N–H and O–H groups in total. The number of likely N-dealkylation sites (tertiary alicyclic amines) is 1. The van der Waals surface area contributed by atoms with Crippen molar-refractivity contribution in [2.24, 2.45) is 18.9 Å². The molecule has 5 atom stereocenters. The number of carbonyl (C=O) groups excluding carboxylic acids is 2. The molecule has 0 radical (unpaired) electrons. The van der Waals surface area contributed by atoms with Gasteiger partial charge >= 0.3 is 18.3 Å². The van der Waals surface area contributed by atoms with Crippen molar-refractivity contribution in [3.8, 4) is 11.1 Å². The number of halogens is 6. The van der Waals surface area contributed by atoms with Gasteiger partial charge in [0.2, 0.25) is 11.9 Å². The molecule has 1 aliphatic heterocycles. The number of anilines is 1. The smallest absolute Gasteiger partial charge is 0.416 e. The molecule has 1 saturated heterocycles. The zero-order valence-corrected chi connectivity index (χ0v) is 36.5. The molecule has 0 bridgehead atoms. The average Bonchev–Trinajstić information content (AvgIpc) is 3.52. The predicted octanol–water partition coefficient (Wildman–Crippen LogP) is 11.6. The summed E-state index contributed by atoms with van der Waals surface area (Å²) in [5.74, 6) is -0.132. The number of aryl methyl sites for hydroxylation is 1. The quantitative estimate of drug-likeness (QED) is 0.127. The maximum Gasteiger partial charge on any atom is 0.416 e. The summed E-state index contributed by atoms with van der Waals surface area (Å²) in [6.07, 6.45) is 1.37. The monoisotopic (exact) mass is 829 g/mol. The Balaban J connectivity index is 0.00000198. The molecule has 9 nitrogen and oxygen atoms in total. The average molecular weight is 829 g/mol. The van der Waals surface area contributed by atoms with E-state index in [9.17, 15) is 35.9 Å². The summed E-state index contributed by atoms with van der Waals surface area (Å²) in [5.41, 5.74) is -1.60. The van der Waals surface area contributed by atoms with Crippen molar-refractivity contribution in [3.05, 3.63) is 59.7 Å². The topological polar surface area (TPSA) is 93.5 Å². The Hall–Kier alpha value is -4.17. The highest BCUT2D eigenvalue weighted by atomic mass is 19.4. The number of hydrogen-bond acceptors (Lipinski definition) is 7. The number of nitrogens with zero attached hydrogens (tertiary/aromatic N) is 6. The lowest BCUT2D eigenvalue weighted by molar-refractivity contribution is -0.144. The van der Waals surface area contributed by atoms with Gasteiger partial charge in [0.25, 0.3) is 0 Å².